The van der Waals surface area contributed by atoms with E-state index < -0.39 is 11.8 Å². The summed E-state index contributed by atoms with van der Waals surface area (Å²) in [7, 11) is 0. The quantitative estimate of drug-likeness (QED) is 0.203. The summed E-state index contributed by atoms with van der Waals surface area (Å²) in [5.41, 5.74) is 0. The molecule has 0 aromatic carbocycles. The minimum atomic E-state index is -1.49. The van der Waals surface area contributed by atoms with Gasteiger partial charge in [-0.25, -0.2) is 4.79 Å². The van der Waals surface area contributed by atoms with Gasteiger partial charge >= 0.3 is 5.97 Å². The van der Waals surface area contributed by atoms with Gasteiger partial charge in [0.05, 0.1) is 0 Å². The maximum absolute atomic E-state index is 10.2. The molecule has 0 saturated heterocycles. The highest BCUT2D eigenvalue weighted by Gasteiger charge is 2.18. The second kappa shape index (κ2) is 14.7. The number of hydrogen-bond acceptors (Lipinski definition) is 3. The van der Waals surface area contributed by atoms with Gasteiger partial charge < -0.3 is 15.3 Å². The van der Waals surface area contributed by atoms with Gasteiger partial charge in [-0.3, -0.25) is 0 Å². The summed E-state index contributed by atoms with van der Waals surface area (Å²) in [6, 6.07) is 0. The van der Waals surface area contributed by atoms with E-state index in [0.29, 0.717) is 12.8 Å². The lowest BCUT2D eigenvalue weighted by molar-refractivity contribution is -0.167. The van der Waals surface area contributed by atoms with Crippen LogP contribution in [-0.4, -0.2) is 27.1 Å². The molecular formula is C20H30O4. The summed E-state index contributed by atoms with van der Waals surface area (Å²) < 4.78 is 0. The van der Waals surface area contributed by atoms with Crippen LogP contribution in [0.3, 0.4) is 0 Å². The van der Waals surface area contributed by atoms with Crippen molar-refractivity contribution in [1.82, 2.24) is 0 Å². The molecule has 134 valence electrons. The molecule has 0 amide bonds. The van der Waals surface area contributed by atoms with E-state index in [1.165, 1.54) is 6.08 Å². The molecule has 3 N–H and O–H groups in total. The molecule has 0 fully saturated rings. The Hall–Kier alpha value is -1.91. The molecule has 0 bridgehead atoms. The van der Waals surface area contributed by atoms with Crippen molar-refractivity contribution in [3.63, 3.8) is 0 Å². The molecule has 0 atom stereocenters. The van der Waals surface area contributed by atoms with Crippen LogP contribution >= 0.6 is 0 Å². The molecule has 4 nitrogen and oxygen atoms in total. The first-order valence-electron chi connectivity index (χ1n) is 8.49. The van der Waals surface area contributed by atoms with E-state index in [0.717, 1.165) is 38.2 Å². The van der Waals surface area contributed by atoms with Crippen LogP contribution in [0.2, 0.25) is 0 Å². The summed E-state index contributed by atoms with van der Waals surface area (Å²) in [5, 5.41) is 27.3. The third-order valence-electron chi connectivity index (χ3n) is 3.42. The summed E-state index contributed by atoms with van der Waals surface area (Å²) in [4.78, 5) is 10.2. The fourth-order valence-electron chi connectivity index (χ4n) is 1.90. The van der Waals surface area contributed by atoms with Crippen LogP contribution < -0.4 is 0 Å². The molecule has 4 heteroatoms. The molecule has 0 aliphatic carbocycles. The molecule has 0 aliphatic heterocycles. The highest BCUT2D eigenvalue weighted by Crippen LogP contribution is 2.16. The Kier molecular flexibility index (Phi) is 13.5. The van der Waals surface area contributed by atoms with Gasteiger partial charge in [-0.1, -0.05) is 74.4 Å². The van der Waals surface area contributed by atoms with E-state index >= 15 is 0 Å². The summed E-state index contributed by atoms with van der Waals surface area (Å²) in [6.45, 7) is 1.78. The highest BCUT2D eigenvalue weighted by molar-refractivity contribution is 5.80. The molecule has 0 aromatic heterocycles. The Labute approximate surface area is 145 Å². The Morgan fingerprint density at radius 3 is 1.96 bits per heavy atom. The van der Waals surface area contributed by atoms with Gasteiger partial charge in [0.15, 0.2) is 5.79 Å². The Bertz CT molecular complexity index is 468. The second-order valence-electron chi connectivity index (χ2n) is 5.57. The van der Waals surface area contributed by atoms with Crippen LogP contribution in [0.25, 0.3) is 0 Å². The van der Waals surface area contributed by atoms with Crippen molar-refractivity contribution < 1.29 is 20.1 Å². The zero-order valence-electron chi connectivity index (χ0n) is 14.5. The van der Waals surface area contributed by atoms with E-state index in [-0.39, 0.29) is 0 Å². The number of aliphatic carboxylic acids is 1. The van der Waals surface area contributed by atoms with Gasteiger partial charge in [-0.2, -0.15) is 0 Å². The van der Waals surface area contributed by atoms with Crippen LogP contribution in [0.5, 0.6) is 0 Å². The lowest BCUT2D eigenvalue weighted by Crippen LogP contribution is -2.26. The van der Waals surface area contributed by atoms with Crippen molar-refractivity contribution in [1.29, 1.82) is 0 Å². The summed E-state index contributed by atoms with van der Waals surface area (Å²) >= 11 is 0. The molecule has 0 unspecified atom stereocenters. The fourth-order valence-corrected chi connectivity index (χ4v) is 1.90. The molecule has 0 saturated carbocycles. The molecule has 0 aromatic rings. The SMILES string of the molecule is CCC(O)(O)CCCCCC/C=C/C=C/C=C/C=C/C=C/C(=O)O. The Balaban J connectivity index is 3.60. The number of hydrogen-bond donors (Lipinski definition) is 3. The van der Waals surface area contributed by atoms with Crippen molar-refractivity contribution in [2.75, 3.05) is 0 Å². The largest absolute Gasteiger partial charge is 0.478 e. The normalized spacial score (nSPS) is 13.5. The number of carboxylic acids is 1. The number of carbonyl (C=O) groups is 1. The molecule has 24 heavy (non-hydrogen) atoms. The number of aliphatic hydroxyl groups is 2. The molecular weight excluding hydrogens is 304 g/mol. The predicted octanol–water partition coefficient (Wildman–Crippen LogP) is 4.28. The van der Waals surface area contributed by atoms with E-state index in [9.17, 15) is 15.0 Å². The third-order valence-corrected chi connectivity index (χ3v) is 3.42. The second-order valence-corrected chi connectivity index (χ2v) is 5.57. The van der Waals surface area contributed by atoms with E-state index in [4.69, 9.17) is 5.11 Å². The number of unbranched alkanes of at least 4 members (excludes halogenated alkanes) is 4. The van der Waals surface area contributed by atoms with Crippen molar-refractivity contribution in [2.24, 2.45) is 0 Å². The summed E-state index contributed by atoms with van der Waals surface area (Å²) in [5.74, 6) is -2.44. The Morgan fingerprint density at radius 1 is 0.833 bits per heavy atom. The molecule has 0 rings (SSSR count). The Morgan fingerprint density at radius 2 is 1.38 bits per heavy atom. The monoisotopic (exact) mass is 334 g/mol. The third kappa shape index (κ3) is 16.5. The topological polar surface area (TPSA) is 77.8 Å². The van der Waals surface area contributed by atoms with Gasteiger partial charge in [0.1, 0.15) is 0 Å². The van der Waals surface area contributed by atoms with Gasteiger partial charge in [-0.15, -0.1) is 0 Å². The summed E-state index contributed by atoms with van der Waals surface area (Å²) in [6.07, 6.45) is 23.6. The van der Waals surface area contributed by atoms with Crippen LogP contribution in [-0.2, 0) is 4.79 Å². The first kappa shape index (κ1) is 22.1. The lowest BCUT2D eigenvalue weighted by Gasteiger charge is -2.19. The smallest absolute Gasteiger partial charge is 0.328 e. The first-order chi connectivity index (χ1) is 11.5. The zero-order chi connectivity index (χ0) is 18.1. The van der Waals surface area contributed by atoms with Crippen LogP contribution in [0.15, 0.2) is 60.8 Å². The first-order valence-corrected chi connectivity index (χ1v) is 8.49. The van der Waals surface area contributed by atoms with Gasteiger partial charge in [0.25, 0.3) is 0 Å². The fraction of sp³-hybridized carbons (Fsp3) is 0.450. The molecule has 0 spiro atoms. The average Bonchev–Trinajstić information content (AvgIpc) is 2.54. The van der Waals surface area contributed by atoms with Crippen molar-refractivity contribution in [3.05, 3.63) is 60.8 Å². The number of rotatable bonds is 13. The minimum absolute atomic E-state index is 0.380. The average molecular weight is 334 g/mol. The van der Waals surface area contributed by atoms with Crippen LogP contribution in [0.4, 0.5) is 0 Å². The predicted molar refractivity (Wildman–Crippen MR) is 98.5 cm³/mol. The van der Waals surface area contributed by atoms with Crippen molar-refractivity contribution >= 4 is 5.97 Å². The number of carboxylic acid groups (broad SMARTS) is 1. The standard InChI is InChI=1S/C20H30O4/c1-2-20(23,24)18-16-14-12-10-8-6-4-3-5-7-9-11-13-15-17-19(21)22/h3-7,9,11,13,15,17,23-24H,2,8,10,12,14,16,18H2,1H3,(H,21,22)/b5-3+,6-4+,9-7+,13-11+,17-15+. The highest BCUT2D eigenvalue weighted by atomic mass is 16.5. The molecule has 0 aliphatic rings. The maximum atomic E-state index is 10.2. The van der Waals surface area contributed by atoms with E-state index in [2.05, 4.69) is 6.08 Å². The van der Waals surface area contributed by atoms with E-state index in [1.807, 2.05) is 30.4 Å². The lowest BCUT2D eigenvalue weighted by atomic mass is 10.0. The van der Waals surface area contributed by atoms with Gasteiger partial charge in [0.2, 0.25) is 0 Å². The van der Waals surface area contributed by atoms with Crippen molar-refractivity contribution in [3.8, 4) is 0 Å². The van der Waals surface area contributed by atoms with Crippen LogP contribution in [0, 0.1) is 0 Å². The van der Waals surface area contributed by atoms with Gasteiger partial charge in [-0.05, 0) is 25.7 Å². The minimum Gasteiger partial charge on any atom is -0.478 e. The molecule has 0 radical (unpaired) electrons. The number of allylic oxidation sites excluding steroid dienone is 9. The van der Waals surface area contributed by atoms with E-state index in [1.54, 1.807) is 19.1 Å². The molecule has 0 heterocycles. The maximum Gasteiger partial charge on any atom is 0.328 e. The zero-order valence-corrected chi connectivity index (χ0v) is 14.5. The van der Waals surface area contributed by atoms with Crippen LogP contribution in [0.1, 0.15) is 51.9 Å². The van der Waals surface area contributed by atoms with Crippen molar-refractivity contribution in [2.45, 2.75) is 57.7 Å². The van der Waals surface area contributed by atoms with Gasteiger partial charge in [0, 0.05) is 12.5 Å².